The van der Waals surface area contributed by atoms with Crippen LogP contribution in [-0.2, 0) is 14.8 Å². The number of thioether (sulfide) groups is 1. The van der Waals surface area contributed by atoms with E-state index in [4.69, 9.17) is 0 Å². The van der Waals surface area contributed by atoms with Crippen LogP contribution in [0.2, 0.25) is 0 Å². The Morgan fingerprint density at radius 3 is 2.43 bits per heavy atom. The van der Waals surface area contributed by atoms with Gasteiger partial charge in [0.1, 0.15) is 5.01 Å². The second-order valence-electron chi connectivity index (χ2n) is 5.54. The van der Waals surface area contributed by atoms with Gasteiger partial charge in [-0.15, -0.1) is 10.2 Å². The monoisotopic (exact) mass is 436 g/mol. The van der Waals surface area contributed by atoms with Crippen molar-refractivity contribution in [3.63, 3.8) is 0 Å². The maximum absolute atomic E-state index is 12.4. The number of sulfonamides is 1. The Balaban J connectivity index is 1.62. The minimum absolute atomic E-state index is 0.0541. The van der Waals surface area contributed by atoms with Crippen molar-refractivity contribution >= 4 is 49.8 Å². The van der Waals surface area contributed by atoms with Gasteiger partial charge in [0.25, 0.3) is 10.0 Å². The van der Waals surface area contributed by atoms with Gasteiger partial charge in [-0.25, -0.2) is 18.4 Å². The van der Waals surface area contributed by atoms with Gasteiger partial charge >= 0.3 is 0 Å². The lowest BCUT2D eigenvalue weighted by Gasteiger charge is -2.11. The second kappa shape index (κ2) is 8.63. The van der Waals surface area contributed by atoms with E-state index < -0.39 is 15.3 Å². The van der Waals surface area contributed by atoms with Crippen LogP contribution in [0.4, 0.5) is 10.8 Å². The molecular weight excluding hydrogens is 420 g/mol. The van der Waals surface area contributed by atoms with E-state index in [9.17, 15) is 13.2 Å². The molecule has 28 heavy (non-hydrogen) atoms. The van der Waals surface area contributed by atoms with Crippen molar-refractivity contribution in [1.82, 2.24) is 20.2 Å². The molecule has 0 aliphatic carbocycles. The Morgan fingerprint density at radius 1 is 1.14 bits per heavy atom. The van der Waals surface area contributed by atoms with Crippen molar-refractivity contribution < 1.29 is 13.2 Å². The zero-order valence-corrected chi connectivity index (χ0v) is 17.3. The molecule has 1 amide bonds. The van der Waals surface area contributed by atoms with E-state index in [2.05, 4.69) is 30.2 Å². The van der Waals surface area contributed by atoms with E-state index in [1.54, 1.807) is 32.3 Å². The van der Waals surface area contributed by atoms with Crippen molar-refractivity contribution in [2.45, 2.75) is 29.1 Å². The third-order valence-electron chi connectivity index (χ3n) is 3.37. The Morgan fingerprint density at radius 2 is 1.82 bits per heavy atom. The SMILES string of the molecule is Cc1nnc(NS(=O)(=O)c2ccc(NC(=O)C(C)Sc3ncccn3)cc2)s1. The third-order valence-corrected chi connectivity index (χ3v) is 6.60. The van der Waals surface area contributed by atoms with Crippen LogP contribution in [0, 0.1) is 6.92 Å². The smallest absolute Gasteiger partial charge is 0.263 e. The molecule has 2 heterocycles. The molecule has 0 bridgehead atoms. The highest BCUT2D eigenvalue weighted by molar-refractivity contribution is 8.00. The highest BCUT2D eigenvalue weighted by Crippen LogP contribution is 2.22. The molecule has 0 saturated carbocycles. The largest absolute Gasteiger partial charge is 0.325 e. The lowest BCUT2D eigenvalue weighted by molar-refractivity contribution is -0.115. The van der Waals surface area contributed by atoms with Crippen molar-refractivity contribution in [2.75, 3.05) is 10.0 Å². The third kappa shape index (κ3) is 5.24. The number of nitrogens with one attached hydrogen (secondary N) is 2. The summed E-state index contributed by atoms with van der Waals surface area (Å²) in [4.78, 5) is 20.5. The summed E-state index contributed by atoms with van der Waals surface area (Å²) >= 11 is 2.37. The molecule has 0 fully saturated rings. The number of benzene rings is 1. The fourth-order valence-corrected chi connectivity index (χ4v) is 4.58. The van der Waals surface area contributed by atoms with Gasteiger partial charge in [-0.05, 0) is 44.2 Å². The van der Waals surface area contributed by atoms with Crippen LogP contribution < -0.4 is 10.0 Å². The molecular formula is C16H16N6O3S3. The van der Waals surface area contributed by atoms with Crippen molar-refractivity contribution in [3.8, 4) is 0 Å². The summed E-state index contributed by atoms with van der Waals surface area (Å²) in [5, 5.41) is 11.2. The number of aromatic nitrogens is 4. The number of carbonyl (C=O) groups excluding carboxylic acids is 1. The molecule has 146 valence electrons. The molecule has 12 heteroatoms. The summed E-state index contributed by atoms with van der Waals surface area (Å²) in [5.74, 6) is -0.240. The van der Waals surface area contributed by atoms with E-state index in [0.29, 0.717) is 15.9 Å². The first-order valence-electron chi connectivity index (χ1n) is 8.01. The van der Waals surface area contributed by atoms with Crippen molar-refractivity contribution in [3.05, 3.63) is 47.7 Å². The highest BCUT2D eigenvalue weighted by atomic mass is 32.2. The fraction of sp³-hybridized carbons (Fsp3) is 0.188. The molecule has 0 spiro atoms. The number of carbonyl (C=O) groups is 1. The first kappa shape index (κ1) is 20.2. The van der Waals surface area contributed by atoms with Crippen molar-refractivity contribution in [2.24, 2.45) is 0 Å². The standard InChI is InChI=1S/C16H16N6O3S3/c1-10(26-15-17-8-3-9-18-15)14(23)19-12-4-6-13(7-5-12)28(24,25)22-16-21-20-11(2)27-16/h3-10H,1-2H3,(H,19,23)(H,21,22). The molecule has 0 radical (unpaired) electrons. The molecule has 2 N–H and O–H groups in total. The van der Waals surface area contributed by atoms with Crippen LogP contribution in [0.5, 0.6) is 0 Å². The highest BCUT2D eigenvalue weighted by Gasteiger charge is 2.18. The predicted octanol–water partition coefficient (Wildman–Crippen LogP) is 2.56. The van der Waals surface area contributed by atoms with Gasteiger partial charge in [-0.3, -0.25) is 9.52 Å². The van der Waals surface area contributed by atoms with Crippen molar-refractivity contribution in [1.29, 1.82) is 0 Å². The van der Waals surface area contributed by atoms with Gasteiger partial charge in [0.2, 0.25) is 11.0 Å². The van der Waals surface area contributed by atoms with Gasteiger partial charge in [-0.1, -0.05) is 23.1 Å². The number of amides is 1. The topological polar surface area (TPSA) is 127 Å². The minimum atomic E-state index is -3.78. The average Bonchev–Trinajstić information content (AvgIpc) is 3.07. The molecule has 0 aliphatic rings. The zero-order chi connectivity index (χ0) is 20.1. The lowest BCUT2D eigenvalue weighted by atomic mass is 10.3. The van der Waals surface area contributed by atoms with E-state index in [1.807, 2.05) is 0 Å². The molecule has 2 aromatic heterocycles. The van der Waals surface area contributed by atoms with Crippen LogP contribution in [0.1, 0.15) is 11.9 Å². The maximum Gasteiger partial charge on any atom is 0.263 e. The molecule has 3 aromatic rings. The normalized spacial score (nSPS) is 12.4. The molecule has 1 unspecified atom stereocenters. The number of aryl methyl sites for hydroxylation is 1. The number of nitrogens with zero attached hydrogens (tertiary/aromatic N) is 4. The van der Waals surface area contributed by atoms with Gasteiger partial charge in [-0.2, -0.15) is 0 Å². The molecule has 1 aromatic carbocycles. The van der Waals surface area contributed by atoms with E-state index >= 15 is 0 Å². The molecule has 3 rings (SSSR count). The summed E-state index contributed by atoms with van der Waals surface area (Å²) < 4.78 is 27.1. The van der Waals surface area contributed by atoms with Gasteiger partial charge < -0.3 is 5.32 Å². The van der Waals surface area contributed by atoms with E-state index in [1.165, 1.54) is 36.0 Å². The maximum atomic E-state index is 12.4. The van der Waals surface area contributed by atoms with Gasteiger partial charge in [0, 0.05) is 18.1 Å². The van der Waals surface area contributed by atoms with E-state index in [-0.39, 0.29) is 15.9 Å². The second-order valence-corrected chi connectivity index (χ2v) is 9.71. The van der Waals surface area contributed by atoms with Crippen LogP contribution in [0.3, 0.4) is 0 Å². The summed E-state index contributed by atoms with van der Waals surface area (Å²) in [6, 6.07) is 7.56. The van der Waals surface area contributed by atoms with Gasteiger partial charge in [0.15, 0.2) is 5.16 Å². The molecule has 1 atom stereocenters. The molecule has 9 nitrogen and oxygen atoms in total. The first-order valence-corrected chi connectivity index (χ1v) is 11.2. The summed E-state index contributed by atoms with van der Waals surface area (Å²) in [5.41, 5.74) is 0.483. The average molecular weight is 437 g/mol. The number of hydrogen-bond donors (Lipinski definition) is 2. The Labute approximate surface area is 170 Å². The summed E-state index contributed by atoms with van der Waals surface area (Å²) in [6.45, 7) is 3.47. The summed E-state index contributed by atoms with van der Waals surface area (Å²) in [7, 11) is -3.78. The Kier molecular flexibility index (Phi) is 6.21. The fourth-order valence-electron chi connectivity index (χ4n) is 2.03. The Bertz CT molecular complexity index is 1050. The molecule has 0 aliphatic heterocycles. The molecule has 0 saturated heterocycles. The van der Waals surface area contributed by atoms with Crippen LogP contribution in [0.15, 0.2) is 52.8 Å². The number of rotatable bonds is 7. The summed E-state index contributed by atoms with van der Waals surface area (Å²) in [6.07, 6.45) is 3.21. The lowest BCUT2D eigenvalue weighted by Crippen LogP contribution is -2.22. The van der Waals surface area contributed by atoms with Gasteiger partial charge in [0.05, 0.1) is 10.1 Å². The van der Waals surface area contributed by atoms with Crippen LogP contribution >= 0.6 is 23.1 Å². The number of hydrogen-bond acceptors (Lipinski definition) is 9. The number of anilines is 2. The van der Waals surface area contributed by atoms with Crippen LogP contribution in [-0.4, -0.2) is 39.7 Å². The first-order chi connectivity index (χ1) is 13.3. The minimum Gasteiger partial charge on any atom is -0.325 e. The quantitative estimate of drug-likeness (QED) is 0.427. The predicted molar refractivity (Wildman–Crippen MR) is 108 cm³/mol. The Hall–Kier alpha value is -2.57. The van der Waals surface area contributed by atoms with E-state index in [0.717, 1.165) is 11.3 Å². The van der Waals surface area contributed by atoms with Crippen LogP contribution in [0.25, 0.3) is 0 Å². The zero-order valence-electron chi connectivity index (χ0n) is 14.9.